The lowest BCUT2D eigenvalue weighted by Crippen LogP contribution is -2.63. The first-order chi connectivity index (χ1) is 39.8. The molecule has 0 bridgehead atoms. The summed E-state index contributed by atoms with van der Waals surface area (Å²) in [5, 5.41) is 89.2. The number of aliphatic hydroxyl groups is 6. The normalized spacial score (nSPS) is 27.4. The largest absolute Gasteiger partial charge is 0.508 e. The van der Waals surface area contributed by atoms with Crippen LogP contribution in [-0.2, 0) is 52.6 Å². The number of rotatable bonds is 24. The third-order valence-electron chi connectivity index (χ3n) is 15.2. The van der Waals surface area contributed by atoms with Crippen molar-refractivity contribution in [3.63, 3.8) is 0 Å². The summed E-state index contributed by atoms with van der Waals surface area (Å²) in [6.45, 7) is 4.86. The van der Waals surface area contributed by atoms with E-state index in [0.717, 1.165) is 69.5 Å². The van der Waals surface area contributed by atoms with Crippen molar-refractivity contribution in [2.45, 2.75) is 189 Å². The number of fused-ring (bicyclic) bond motifs is 2. The van der Waals surface area contributed by atoms with Crippen LogP contribution in [0.4, 0.5) is 4.79 Å². The number of amides is 9. The van der Waals surface area contributed by atoms with Crippen LogP contribution in [0.15, 0.2) is 24.3 Å². The first-order valence-electron chi connectivity index (χ1n) is 28.5. The van der Waals surface area contributed by atoms with Gasteiger partial charge < -0.3 is 81.6 Å². The van der Waals surface area contributed by atoms with Gasteiger partial charge in [-0.2, -0.15) is 0 Å². The summed E-state index contributed by atoms with van der Waals surface area (Å²) in [6.07, 6.45) is -0.519. The summed E-state index contributed by atoms with van der Waals surface area (Å²) >= 11 is 1.32. The highest BCUT2D eigenvalue weighted by atomic mass is 32.2. The number of hydrogen-bond acceptors (Lipinski definition) is 21. The number of methoxy groups -OCH3 is 2. The molecule has 0 saturated carbocycles. The van der Waals surface area contributed by atoms with Crippen molar-refractivity contribution >= 4 is 82.8 Å². The van der Waals surface area contributed by atoms with Gasteiger partial charge >= 0.3 is 18.0 Å². The summed E-state index contributed by atoms with van der Waals surface area (Å²) in [5.41, 5.74) is 0.169. The first kappa shape index (κ1) is 70.7. The Bertz CT molecular complexity index is 2390. The Morgan fingerprint density at radius 1 is 0.738 bits per heavy atom. The fraction of sp³-hybridized carbons (Fsp3) is 0.709. The molecule has 3 aliphatic heterocycles. The van der Waals surface area contributed by atoms with Crippen molar-refractivity contribution in [3.05, 3.63) is 29.8 Å². The van der Waals surface area contributed by atoms with Crippen molar-refractivity contribution in [1.29, 1.82) is 0 Å². The zero-order valence-corrected chi connectivity index (χ0v) is 50.1. The highest BCUT2D eigenvalue weighted by molar-refractivity contribution is 8.00. The van der Waals surface area contributed by atoms with E-state index in [-0.39, 0.29) is 24.3 Å². The van der Waals surface area contributed by atoms with Crippen LogP contribution in [0.5, 0.6) is 5.75 Å². The Morgan fingerprint density at radius 3 is 1.96 bits per heavy atom. The monoisotopic (exact) mass is 1230 g/mol. The lowest BCUT2D eigenvalue weighted by Gasteiger charge is -2.33. The number of phenols is 1. The van der Waals surface area contributed by atoms with Gasteiger partial charge in [0.15, 0.2) is 0 Å². The second-order valence-electron chi connectivity index (χ2n) is 21.7. The molecule has 15 atom stereocenters. The number of aliphatic hydroxyl groups excluding tert-OH is 6. The van der Waals surface area contributed by atoms with E-state index in [9.17, 15) is 83.7 Å². The Kier molecular flexibility index (Phi) is 29.4. The van der Waals surface area contributed by atoms with Gasteiger partial charge in [-0.05, 0) is 37.0 Å². The van der Waals surface area contributed by atoms with Crippen LogP contribution < -0.4 is 31.9 Å². The molecule has 3 fully saturated rings. The zero-order valence-electron chi connectivity index (χ0n) is 48.4. The molecule has 0 aliphatic carbocycles. The summed E-state index contributed by atoms with van der Waals surface area (Å²) in [7, 11) is 2.17. The van der Waals surface area contributed by atoms with Gasteiger partial charge in [-0.1, -0.05) is 90.7 Å². The number of nitrogens with zero attached hydrogens (tertiary/aromatic N) is 2. The first-order valence-corrected chi connectivity index (χ1v) is 30.5. The number of unbranched alkanes of at least 4 members (excludes halogenated alkanes) is 7. The van der Waals surface area contributed by atoms with E-state index >= 15 is 0 Å². The van der Waals surface area contributed by atoms with Crippen LogP contribution in [0.2, 0.25) is 0 Å². The number of carbonyl (C=O) groups is 10. The Hall–Kier alpha value is -5.82. The standard InChI is InChI=1S/C55H86N8O19S2/c1-7-29(2)16-14-12-10-8-9-11-13-15-17-39(69)56-35-23-38(68)52(84-28-41(71)82-6)60-51(77)44-45(72)30(3)24-63(44)53(78)36(26-64)57-50(76)43(46(73)47(83-27-40(70)81-5)32-18-20-33(66)21-19-32)59-55(80)61-49(75)37-22-34(67)25-62(37)54(79)42(31(4)65)58-48(35)74/h18-21,29-31,34-38,42-47,52,64-68,72-73H,7-17,22-28H2,1-6H3,(H,56,69)(H,57,76)(H,58,74)(H,60,77)(H2,59,61,75,80)/t29?,30-,31+,34+,35-,36?,37-,38+,42-,43?,44?,45-,46-,47?,52+/m0/s1. The van der Waals surface area contributed by atoms with E-state index in [1.807, 2.05) is 5.32 Å². The van der Waals surface area contributed by atoms with Gasteiger partial charge in [-0.3, -0.25) is 48.5 Å². The molecule has 0 aromatic heterocycles. The zero-order chi connectivity index (χ0) is 62.4. The molecule has 84 heavy (non-hydrogen) atoms. The maximum atomic E-state index is 14.5. The van der Waals surface area contributed by atoms with Gasteiger partial charge in [0, 0.05) is 38.3 Å². The number of carbonyl (C=O) groups excluding carboxylic acids is 10. The minimum Gasteiger partial charge on any atom is -0.508 e. The van der Waals surface area contributed by atoms with Crippen molar-refractivity contribution in [1.82, 2.24) is 41.7 Å². The molecule has 3 aliphatic rings. The van der Waals surface area contributed by atoms with Crippen molar-refractivity contribution in [2.75, 3.05) is 45.4 Å². The molecule has 3 saturated heterocycles. The number of aromatic hydroxyl groups is 1. The van der Waals surface area contributed by atoms with Gasteiger partial charge in [0.2, 0.25) is 35.4 Å². The number of esters is 2. The molecular weight excluding hydrogens is 1140 g/mol. The molecular formula is C55H86N8O19S2. The number of thioether (sulfide) groups is 2. The minimum atomic E-state index is -2.22. The van der Waals surface area contributed by atoms with Crippen LogP contribution in [0.3, 0.4) is 0 Å². The Labute approximate surface area is 497 Å². The number of hydrogen-bond donors (Lipinski definition) is 13. The van der Waals surface area contributed by atoms with Crippen molar-refractivity contribution in [3.8, 4) is 5.75 Å². The molecule has 0 radical (unpaired) electrons. The van der Waals surface area contributed by atoms with E-state index in [1.54, 1.807) is 0 Å². The Morgan fingerprint density at radius 2 is 1.36 bits per heavy atom. The molecule has 472 valence electrons. The van der Waals surface area contributed by atoms with Gasteiger partial charge in [-0.25, -0.2) is 4.79 Å². The third kappa shape index (κ3) is 21.0. The molecule has 13 N–H and O–H groups in total. The van der Waals surface area contributed by atoms with E-state index in [1.165, 1.54) is 44.0 Å². The molecule has 29 heteroatoms. The lowest BCUT2D eigenvalue weighted by molar-refractivity contribution is -0.144. The van der Waals surface area contributed by atoms with E-state index < -0.39 is 180 Å². The molecule has 9 amide bonds. The van der Waals surface area contributed by atoms with Gasteiger partial charge in [0.1, 0.15) is 47.4 Å². The van der Waals surface area contributed by atoms with Crippen molar-refractivity contribution < 1.29 is 93.2 Å². The SMILES string of the molecule is CCC(C)CCCCCCCCCCC(=O)N[C@H]1C[C@@H](O)[C@@H](SCC(=O)OC)NC(=O)C2[C@@H](O)[C@@H](C)CN2C(=O)C(CO)NC(=O)C([C@H](O)C(SCC(=O)OC)c2ccc(O)cc2)NC(=O)NC(=O)[C@@H]2C[C@@H](O)CN2C(=O)[C@H]([C@@H](C)O)NC1=O. The molecule has 27 nitrogen and oxygen atoms in total. The number of benzene rings is 1. The van der Waals surface area contributed by atoms with E-state index in [2.05, 4.69) is 40.4 Å². The van der Waals surface area contributed by atoms with Crippen LogP contribution in [0.25, 0.3) is 0 Å². The van der Waals surface area contributed by atoms with E-state index in [4.69, 9.17) is 9.47 Å². The molecule has 3 heterocycles. The highest BCUT2D eigenvalue weighted by Gasteiger charge is 2.49. The molecule has 5 unspecified atom stereocenters. The summed E-state index contributed by atoms with van der Waals surface area (Å²) in [4.78, 5) is 141. The van der Waals surface area contributed by atoms with Crippen molar-refractivity contribution in [2.24, 2.45) is 11.8 Å². The summed E-state index contributed by atoms with van der Waals surface area (Å²) in [6, 6.07) is -7.85. The Balaban J connectivity index is 1.77. The quantitative estimate of drug-likeness (QED) is 0.0434. The number of urea groups is 1. The fourth-order valence-corrected chi connectivity index (χ4v) is 12.2. The predicted octanol–water partition coefficient (Wildman–Crippen LogP) is -1.05. The van der Waals surface area contributed by atoms with Crippen LogP contribution in [0, 0.1) is 11.8 Å². The van der Waals surface area contributed by atoms with E-state index in [0.29, 0.717) is 42.3 Å². The smallest absolute Gasteiger partial charge is 0.322 e. The van der Waals surface area contributed by atoms with Gasteiger partial charge in [-0.15, -0.1) is 23.5 Å². The summed E-state index contributed by atoms with van der Waals surface area (Å²) in [5.74, 6) is -11.0. The number of ether oxygens (including phenoxy) is 2. The third-order valence-corrected chi connectivity index (χ3v) is 17.7. The molecule has 4 rings (SSSR count). The molecule has 1 aromatic rings. The number of phenolic OH excluding ortho intramolecular Hbond substituents is 1. The van der Waals surface area contributed by atoms with Crippen LogP contribution in [-0.4, -0.2) is 222 Å². The second kappa shape index (κ2) is 35.0. The average molecular weight is 1230 g/mol. The lowest BCUT2D eigenvalue weighted by atomic mass is 9.99. The molecule has 0 spiro atoms. The van der Waals surface area contributed by atoms with Gasteiger partial charge in [0.25, 0.3) is 5.91 Å². The molecule has 1 aromatic carbocycles. The summed E-state index contributed by atoms with van der Waals surface area (Å²) < 4.78 is 9.54. The number of nitrogens with one attached hydrogen (secondary N) is 6. The topological polar surface area (TPSA) is 409 Å². The number of imide groups is 1. The minimum absolute atomic E-state index is 0.0786. The maximum absolute atomic E-state index is 14.5. The highest BCUT2D eigenvalue weighted by Crippen LogP contribution is 2.35. The van der Waals surface area contributed by atoms with Crippen LogP contribution >= 0.6 is 23.5 Å². The predicted molar refractivity (Wildman–Crippen MR) is 306 cm³/mol. The maximum Gasteiger partial charge on any atom is 0.322 e. The second-order valence-corrected chi connectivity index (χ2v) is 24.0. The van der Waals surface area contributed by atoms with Gasteiger partial charge in [0.05, 0.1) is 68.1 Å². The average Bonchev–Trinajstić information content (AvgIpc) is 4.11. The fourth-order valence-electron chi connectivity index (χ4n) is 10.0. The van der Waals surface area contributed by atoms with Crippen LogP contribution in [0.1, 0.15) is 122 Å².